The van der Waals surface area contributed by atoms with Crippen LogP contribution in [0.5, 0.6) is 0 Å². The lowest BCUT2D eigenvalue weighted by atomic mass is 9.87. The molecule has 0 aliphatic heterocycles. The Bertz CT molecular complexity index is 1140. The van der Waals surface area contributed by atoms with Gasteiger partial charge in [-0.25, -0.2) is 4.98 Å². The highest BCUT2D eigenvalue weighted by Crippen LogP contribution is 2.34. The number of hydrogen-bond acceptors (Lipinski definition) is 4. The fourth-order valence-corrected chi connectivity index (χ4v) is 5.25. The zero-order valence-corrected chi connectivity index (χ0v) is 19.0. The third kappa shape index (κ3) is 4.54. The molecule has 162 valence electrons. The number of amides is 1. The fourth-order valence-electron chi connectivity index (χ4n) is 4.30. The van der Waals surface area contributed by atoms with Gasteiger partial charge in [-0.05, 0) is 48.9 Å². The summed E-state index contributed by atoms with van der Waals surface area (Å²) in [4.78, 5) is 32.7. The van der Waals surface area contributed by atoms with Gasteiger partial charge in [0.25, 0.3) is 5.56 Å². The second kappa shape index (κ2) is 9.69. The molecule has 1 unspecified atom stereocenters. The smallest absolute Gasteiger partial charge is 0.262 e. The number of rotatable bonds is 7. The Morgan fingerprint density at radius 2 is 1.97 bits per heavy atom. The van der Waals surface area contributed by atoms with E-state index in [0.717, 1.165) is 32.1 Å². The van der Waals surface area contributed by atoms with Crippen LogP contribution in [0.25, 0.3) is 10.9 Å². The highest BCUT2D eigenvalue weighted by Gasteiger charge is 2.26. The minimum atomic E-state index is -0.0245. The van der Waals surface area contributed by atoms with Gasteiger partial charge in [-0.3, -0.25) is 14.2 Å². The Hall–Kier alpha value is -2.60. The third-order valence-corrected chi connectivity index (χ3v) is 7.05. The maximum atomic E-state index is 13.1. The van der Waals surface area contributed by atoms with E-state index in [1.807, 2.05) is 36.2 Å². The van der Waals surface area contributed by atoms with Crippen molar-refractivity contribution in [1.82, 2.24) is 14.5 Å². The third-order valence-electron chi connectivity index (χ3n) is 6.09. The Labute approximate surface area is 187 Å². The summed E-state index contributed by atoms with van der Waals surface area (Å²) in [6.45, 7) is 2.72. The highest BCUT2D eigenvalue weighted by molar-refractivity contribution is 7.99. The van der Waals surface area contributed by atoms with Crippen molar-refractivity contribution >= 4 is 28.6 Å². The second-order valence-electron chi connectivity index (χ2n) is 8.12. The van der Waals surface area contributed by atoms with Crippen LogP contribution in [-0.4, -0.2) is 33.2 Å². The Morgan fingerprint density at radius 1 is 1.19 bits per heavy atom. The summed E-state index contributed by atoms with van der Waals surface area (Å²) in [5.74, 6) is 0.336. The van der Waals surface area contributed by atoms with E-state index >= 15 is 0 Å². The summed E-state index contributed by atoms with van der Waals surface area (Å²) in [6.07, 6.45) is 5.05. The molecular weight excluding hydrogens is 406 g/mol. The molecule has 5 nitrogen and oxygen atoms in total. The lowest BCUT2D eigenvalue weighted by Gasteiger charge is -2.33. The molecule has 1 aliphatic carbocycles. The molecule has 0 bridgehead atoms. The number of carbonyl (C=O) groups is 1. The summed E-state index contributed by atoms with van der Waals surface area (Å²) in [5.41, 5.74) is 3.27. The van der Waals surface area contributed by atoms with Gasteiger partial charge < -0.3 is 4.90 Å². The normalized spacial score (nSPS) is 15.6. The Balaban J connectivity index is 1.55. The number of nitrogens with zero attached hydrogens (tertiary/aromatic N) is 3. The van der Waals surface area contributed by atoms with E-state index in [4.69, 9.17) is 4.98 Å². The lowest BCUT2D eigenvalue weighted by Crippen LogP contribution is -2.34. The number of fused-ring (bicyclic) bond motifs is 2. The van der Waals surface area contributed by atoms with Gasteiger partial charge in [0.1, 0.15) is 0 Å². The number of thioether (sulfide) groups is 1. The van der Waals surface area contributed by atoms with Gasteiger partial charge in [0.05, 0.1) is 22.7 Å². The van der Waals surface area contributed by atoms with Gasteiger partial charge in [0.15, 0.2) is 5.16 Å². The first-order valence-electron chi connectivity index (χ1n) is 11.1. The SMILES string of the molecule is CCCCn1c(SCC(=O)N(C)C2CCCc3ccccc32)nc2ccccc2c1=O. The van der Waals surface area contributed by atoms with Gasteiger partial charge in [-0.1, -0.05) is 61.5 Å². The lowest BCUT2D eigenvalue weighted by molar-refractivity contribution is -0.129. The number of benzene rings is 2. The van der Waals surface area contributed by atoms with Crippen molar-refractivity contribution < 1.29 is 4.79 Å². The average Bonchev–Trinajstić information content (AvgIpc) is 2.81. The van der Waals surface area contributed by atoms with Crippen molar-refractivity contribution in [1.29, 1.82) is 0 Å². The number of aryl methyl sites for hydroxylation is 1. The first-order valence-corrected chi connectivity index (χ1v) is 12.0. The number of hydrogen-bond donors (Lipinski definition) is 0. The molecular formula is C25H29N3O2S. The van der Waals surface area contributed by atoms with E-state index < -0.39 is 0 Å². The summed E-state index contributed by atoms with van der Waals surface area (Å²) in [5, 5.41) is 1.26. The minimum absolute atomic E-state index is 0.0245. The van der Waals surface area contributed by atoms with Crippen molar-refractivity contribution in [2.24, 2.45) is 0 Å². The van der Waals surface area contributed by atoms with Gasteiger partial charge in [-0.2, -0.15) is 0 Å². The molecule has 0 saturated heterocycles. The van der Waals surface area contributed by atoms with Crippen LogP contribution in [0, 0.1) is 0 Å². The summed E-state index contributed by atoms with van der Waals surface area (Å²) in [7, 11) is 1.90. The van der Waals surface area contributed by atoms with Crippen LogP contribution in [-0.2, 0) is 17.8 Å². The molecule has 6 heteroatoms. The van der Waals surface area contributed by atoms with Crippen molar-refractivity contribution in [3.8, 4) is 0 Å². The molecule has 0 fully saturated rings. The highest BCUT2D eigenvalue weighted by atomic mass is 32.2. The van der Waals surface area contributed by atoms with Gasteiger partial charge in [0.2, 0.25) is 5.91 Å². The first-order chi connectivity index (χ1) is 15.1. The van der Waals surface area contributed by atoms with Crippen LogP contribution >= 0.6 is 11.8 Å². The van der Waals surface area contributed by atoms with E-state index in [1.165, 1.54) is 22.9 Å². The average molecular weight is 436 g/mol. The predicted octanol–water partition coefficient (Wildman–Crippen LogP) is 4.82. The molecule has 3 aromatic rings. The van der Waals surface area contributed by atoms with Gasteiger partial charge >= 0.3 is 0 Å². The molecule has 1 aliphatic rings. The number of carbonyl (C=O) groups excluding carboxylic acids is 1. The van der Waals surface area contributed by atoms with Crippen molar-refractivity contribution in [3.63, 3.8) is 0 Å². The molecule has 0 N–H and O–H groups in total. The second-order valence-corrected chi connectivity index (χ2v) is 9.06. The van der Waals surface area contributed by atoms with Crippen LogP contribution in [0.4, 0.5) is 0 Å². The van der Waals surface area contributed by atoms with E-state index in [9.17, 15) is 9.59 Å². The molecule has 1 heterocycles. The molecule has 1 atom stereocenters. The largest absolute Gasteiger partial charge is 0.338 e. The Morgan fingerprint density at radius 3 is 2.81 bits per heavy atom. The van der Waals surface area contributed by atoms with E-state index in [1.54, 1.807) is 4.57 Å². The van der Waals surface area contributed by atoms with Crippen LogP contribution in [0.1, 0.15) is 49.8 Å². The van der Waals surface area contributed by atoms with Gasteiger partial charge in [0, 0.05) is 13.6 Å². The van der Waals surface area contributed by atoms with Crippen molar-refractivity contribution in [2.45, 2.75) is 56.8 Å². The maximum absolute atomic E-state index is 13.1. The predicted molar refractivity (Wildman–Crippen MR) is 127 cm³/mol. The summed E-state index contributed by atoms with van der Waals surface area (Å²) < 4.78 is 1.74. The number of aromatic nitrogens is 2. The van der Waals surface area contributed by atoms with Gasteiger partial charge in [-0.15, -0.1) is 0 Å². The van der Waals surface area contributed by atoms with Crippen LogP contribution in [0.2, 0.25) is 0 Å². The molecule has 31 heavy (non-hydrogen) atoms. The van der Waals surface area contributed by atoms with Crippen molar-refractivity contribution in [3.05, 3.63) is 70.0 Å². The Kier molecular flexibility index (Phi) is 6.76. The van der Waals surface area contributed by atoms with Crippen LogP contribution in [0.15, 0.2) is 58.5 Å². The number of unbranched alkanes of at least 4 members (excludes halogenated alkanes) is 1. The minimum Gasteiger partial charge on any atom is -0.338 e. The zero-order valence-electron chi connectivity index (χ0n) is 18.2. The first kappa shape index (κ1) is 21.6. The van der Waals surface area contributed by atoms with Crippen molar-refractivity contribution in [2.75, 3.05) is 12.8 Å². The quantitative estimate of drug-likeness (QED) is 0.394. The topological polar surface area (TPSA) is 55.2 Å². The molecule has 0 radical (unpaired) electrons. The number of para-hydroxylation sites is 1. The molecule has 1 aromatic heterocycles. The molecule has 0 saturated carbocycles. The molecule has 0 spiro atoms. The monoisotopic (exact) mass is 435 g/mol. The molecule has 4 rings (SSSR count). The zero-order chi connectivity index (χ0) is 21.8. The summed E-state index contributed by atoms with van der Waals surface area (Å²) >= 11 is 1.37. The molecule has 1 amide bonds. The summed E-state index contributed by atoms with van der Waals surface area (Å²) in [6, 6.07) is 16.0. The molecule has 2 aromatic carbocycles. The standard InChI is InChI=1S/C25H29N3O2S/c1-3-4-16-28-24(30)20-13-7-8-14-21(20)26-25(28)31-17-23(29)27(2)22-15-9-11-18-10-5-6-12-19(18)22/h5-8,10,12-14,22H,3-4,9,11,15-17H2,1-2H3. The fraction of sp³-hybridized carbons (Fsp3) is 0.400. The van der Waals surface area contributed by atoms with E-state index in [0.29, 0.717) is 22.6 Å². The van der Waals surface area contributed by atoms with Crippen LogP contribution < -0.4 is 5.56 Å². The van der Waals surface area contributed by atoms with E-state index in [-0.39, 0.29) is 23.3 Å². The maximum Gasteiger partial charge on any atom is 0.262 e. The van der Waals surface area contributed by atoms with E-state index in [2.05, 4.69) is 31.2 Å². The van der Waals surface area contributed by atoms with Crippen LogP contribution in [0.3, 0.4) is 0 Å².